The fourth-order valence-electron chi connectivity index (χ4n) is 3.37. The van der Waals surface area contributed by atoms with Crippen LogP contribution in [0.25, 0.3) is 0 Å². The molecule has 0 radical (unpaired) electrons. The Morgan fingerprint density at radius 1 is 0.864 bits per heavy atom. The van der Waals surface area contributed by atoms with Gasteiger partial charge in [0.15, 0.2) is 18.9 Å². The first-order valence-corrected chi connectivity index (χ1v) is 8.94. The molecule has 0 unspecified atom stereocenters. The number of aryl methyl sites for hydroxylation is 5. The molecule has 1 aromatic carbocycles. The van der Waals surface area contributed by atoms with Gasteiger partial charge in [-0.25, -0.2) is 4.57 Å². The van der Waals surface area contributed by atoms with E-state index in [0.717, 1.165) is 13.0 Å². The third kappa shape index (κ3) is 3.97. The van der Waals surface area contributed by atoms with Gasteiger partial charge >= 0.3 is 0 Å². The van der Waals surface area contributed by atoms with E-state index >= 15 is 0 Å². The van der Waals surface area contributed by atoms with Gasteiger partial charge < -0.3 is 0 Å². The van der Waals surface area contributed by atoms with Crippen molar-refractivity contribution in [3.8, 4) is 0 Å². The highest BCUT2D eigenvalue weighted by Gasteiger charge is 2.13. The van der Waals surface area contributed by atoms with Gasteiger partial charge in [0.2, 0.25) is 0 Å². The average molecular weight is 294 g/mol. The molecule has 1 aliphatic rings. The lowest BCUT2D eigenvalue weighted by atomic mass is 9.93. The number of hydrogen-bond donors (Lipinski definition) is 0. The molecular weight excluding hydrogens is 266 g/mol. The van der Waals surface area contributed by atoms with Crippen LogP contribution >= 0.6 is 0 Å². The second kappa shape index (κ2) is 7.58. The van der Waals surface area contributed by atoms with E-state index < -0.39 is 0 Å². The molecule has 0 amide bonds. The van der Waals surface area contributed by atoms with Crippen LogP contribution in [0.2, 0.25) is 0 Å². The van der Waals surface area contributed by atoms with E-state index in [-0.39, 0.29) is 0 Å². The number of unbranched alkanes of at least 4 members (excludes halogenated alkanes) is 1. The van der Waals surface area contributed by atoms with Crippen molar-refractivity contribution in [1.82, 2.24) is 0 Å². The molecule has 116 valence electrons. The Balaban J connectivity index is 1.58. The lowest BCUT2D eigenvalue weighted by molar-refractivity contribution is -0.697. The van der Waals surface area contributed by atoms with Crippen LogP contribution in [0.3, 0.4) is 0 Å². The van der Waals surface area contributed by atoms with Gasteiger partial charge in [-0.2, -0.15) is 0 Å². The fourth-order valence-corrected chi connectivity index (χ4v) is 3.37. The van der Waals surface area contributed by atoms with E-state index in [4.69, 9.17) is 0 Å². The van der Waals surface area contributed by atoms with Crippen LogP contribution in [0, 0.1) is 0 Å². The van der Waals surface area contributed by atoms with Crippen LogP contribution in [0.5, 0.6) is 0 Å². The maximum atomic E-state index is 2.38. The van der Waals surface area contributed by atoms with E-state index in [1.54, 1.807) is 11.1 Å². The van der Waals surface area contributed by atoms with Crippen molar-refractivity contribution in [2.24, 2.45) is 0 Å². The van der Waals surface area contributed by atoms with E-state index in [2.05, 4.69) is 54.2 Å². The average Bonchev–Trinajstić information content (AvgIpc) is 2.59. The van der Waals surface area contributed by atoms with Crippen molar-refractivity contribution >= 4 is 0 Å². The molecule has 0 saturated carbocycles. The summed E-state index contributed by atoms with van der Waals surface area (Å²) in [5.41, 5.74) is 6.07. The molecule has 0 aliphatic heterocycles. The summed E-state index contributed by atoms with van der Waals surface area (Å²) in [5.74, 6) is 0. The summed E-state index contributed by atoms with van der Waals surface area (Å²) in [6.07, 6.45) is 14.8. The Hall–Kier alpha value is -1.63. The van der Waals surface area contributed by atoms with Gasteiger partial charge in [-0.15, -0.1) is 0 Å². The van der Waals surface area contributed by atoms with E-state index in [9.17, 15) is 0 Å². The summed E-state index contributed by atoms with van der Waals surface area (Å²) in [6, 6.07) is 11.6. The first-order valence-electron chi connectivity index (χ1n) is 8.94. The molecule has 1 heterocycles. The van der Waals surface area contributed by atoms with Crippen molar-refractivity contribution in [3.63, 3.8) is 0 Å². The zero-order valence-corrected chi connectivity index (χ0v) is 13.9. The molecule has 0 fully saturated rings. The molecule has 1 heteroatoms. The Morgan fingerprint density at radius 3 is 2.27 bits per heavy atom. The van der Waals surface area contributed by atoms with Gasteiger partial charge in [-0.1, -0.05) is 37.6 Å². The first-order chi connectivity index (χ1) is 10.8. The summed E-state index contributed by atoms with van der Waals surface area (Å²) in [5, 5.41) is 0. The van der Waals surface area contributed by atoms with Crippen molar-refractivity contribution in [2.45, 2.75) is 64.8 Å². The van der Waals surface area contributed by atoms with E-state index in [1.807, 2.05) is 0 Å². The Morgan fingerprint density at radius 2 is 1.55 bits per heavy atom. The molecule has 22 heavy (non-hydrogen) atoms. The number of hydrogen-bond acceptors (Lipinski definition) is 0. The van der Waals surface area contributed by atoms with Crippen LogP contribution in [0.1, 0.15) is 54.9 Å². The van der Waals surface area contributed by atoms with Crippen LogP contribution in [0.4, 0.5) is 0 Å². The molecule has 0 atom stereocenters. The quantitative estimate of drug-likeness (QED) is 0.694. The Bertz CT molecular complexity index is 598. The Labute approximate surface area is 135 Å². The lowest BCUT2D eigenvalue weighted by Crippen LogP contribution is -2.35. The second-order valence-corrected chi connectivity index (χ2v) is 6.61. The van der Waals surface area contributed by atoms with Gasteiger partial charge in [-0.05, 0) is 55.2 Å². The molecule has 0 saturated heterocycles. The fraction of sp³-hybridized carbons (Fsp3) is 0.476. The Kier molecular flexibility index (Phi) is 5.26. The molecule has 1 aromatic heterocycles. The van der Waals surface area contributed by atoms with Gasteiger partial charge in [-0.3, -0.25) is 0 Å². The second-order valence-electron chi connectivity index (χ2n) is 6.61. The number of rotatable bonds is 6. The molecule has 1 aliphatic carbocycles. The highest BCUT2D eigenvalue weighted by atomic mass is 14.9. The molecule has 0 spiro atoms. The number of aromatic nitrogens is 1. The maximum Gasteiger partial charge on any atom is 0.172 e. The van der Waals surface area contributed by atoms with E-state index in [1.165, 1.54) is 56.1 Å². The highest BCUT2D eigenvalue weighted by Crippen LogP contribution is 2.18. The molecule has 0 N–H and O–H groups in total. The molecule has 3 rings (SSSR count). The predicted molar refractivity (Wildman–Crippen MR) is 92.0 cm³/mol. The van der Waals surface area contributed by atoms with Crippen LogP contribution in [-0.4, -0.2) is 0 Å². The number of fused-ring (bicyclic) bond motifs is 1. The standard InChI is InChI=1S/C21H28N/c1-2-3-6-18-9-11-19(12-10-18)13-15-22-16-14-20-7-4-5-8-21(20)17-22/h9-12,14,16-17H,2-8,13,15H2,1H3/q+1. The minimum atomic E-state index is 1.08. The molecular formula is C21H28N+. The van der Waals surface area contributed by atoms with Gasteiger partial charge in [0.1, 0.15) is 0 Å². The largest absolute Gasteiger partial charge is 0.204 e. The zero-order valence-electron chi connectivity index (χ0n) is 13.9. The van der Waals surface area contributed by atoms with Crippen molar-refractivity contribution in [1.29, 1.82) is 0 Å². The summed E-state index contributed by atoms with van der Waals surface area (Å²) in [7, 11) is 0. The van der Waals surface area contributed by atoms with E-state index in [0.29, 0.717) is 0 Å². The predicted octanol–water partition coefficient (Wildman–Crippen LogP) is 4.44. The van der Waals surface area contributed by atoms with Crippen LogP contribution in [-0.2, 0) is 32.2 Å². The van der Waals surface area contributed by atoms with Crippen molar-refractivity contribution in [2.75, 3.05) is 0 Å². The number of benzene rings is 1. The minimum Gasteiger partial charge on any atom is -0.204 e. The third-order valence-electron chi connectivity index (χ3n) is 4.84. The molecule has 1 nitrogen and oxygen atoms in total. The summed E-state index contributed by atoms with van der Waals surface area (Å²) in [4.78, 5) is 0. The van der Waals surface area contributed by atoms with Gasteiger partial charge in [0.25, 0.3) is 0 Å². The SMILES string of the molecule is CCCCc1ccc(CC[n+]2ccc3c(c2)CCCC3)cc1. The maximum absolute atomic E-state index is 2.38. The topological polar surface area (TPSA) is 3.88 Å². The van der Waals surface area contributed by atoms with Gasteiger partial charge in [0, 0.05) is 18.1 Å². The third-order valence-corrected chi connectivity index (χ3v) is 4.84. The number of nitrogens with zero attached hydrogens (tertiary/aromatic N) is 1. The molecule has 2 aromatic rings. The minimum absolute atomic E-state index is 1.08. The van der Waals surface area contributed by atoms with Gasteiger partial charge in [0.05, 0.1) is 0 Å². The monoisotopic (exact) mass is 294 g/mol. The van der Waals surface area contributed by atoms with Crippen LogP contribution < -0.4 is 4.57 Å². The summed E-state index contributed by atoms with van der Waals surface area (Å²) in [6.45, 7) is 3.34. The van der Waals surface area contributed by atoms with Crippen molar-refractivity contribution in [3.05, 3.63) is 65.0 Å². The first kappa shape index (κ1) is 15.3. The van der Waals surface area contributed by atoms with Crippen LogP contribution in [0.15, 0.2) is 42.7 Å². The smallest absolute Gasteiger partial charge is 0.172 e. The summed E-state index contributed by atoms with van der Waals surface area (Å²) >= 11 is 0. The zero-order chi connectivity index (χ0) is 15.2. The highest BCUT2D eigenvalue weighted by molar-refractivity contribution is 5.24. The molecule has 0 bridgehead atoms. The lowest BCUT2D eigenvalue weighted by Gasteiger charge is -2.13. The normalized spacial score (nSPS) is 13.9. The van der Waals surface area contributed by atoms with Crippen molar-refractivity contribution < 1.29 is 4.57 Å². The summed E-state index contributed by atoms with van der Waals surface area (Å²) < 4.78 is 2.37. The number of pyridine rings is 1.